The van der Waals surface area contributed by atoms with E-state index in [4.69, 9.17) is 4.74 Å². The summed E-state index contributed by atoms with van der Waals surface area (Å²) in [6.45, 7) is 1.55. The number of aliphatic hydroxyl groups is 1. The molecule has 4 atom stereocenters. The largest absolute Gasteiger partial charge is 0.497 e. The van der Waals surface area contributed by atoms with Gasteiger partial charge >= 0.3 is 12.0 Å². The molecule has 9 heteroatoms. The predicted octanol–water partition coefficient (Wildman–Crippen LogP) is 3.62. The Morgan fingerprint density at radius 1 is 1.12 bits per heavy atom. The minimum atomic E-state index is -0.845. The van der Waals surface area contributed by atoms with E-state index in [-0.39, 0.29) is 43.0 Å². The van der Waals surface area contributed by atoms with Crippen LogP contribution in [-0.4, -0.2) is 77.4 Å². The number of urea groups is 1. The number of nitrogens with one attached hydrogen (secondary N) is 1. The fourth-order valence-corrected chi connectivity index (χ4v) is 5.43. The fourth-order valence-electron chi connectivity index (χ4n) is 5.17. The van der Waals surface area contributed by atoms with Crippen molar-refractivity contribution < 1.29 is 24.5 Å². The summed E-state index contributed by atoms with van der Waals surface area (Å²) in [6.07, 6.45) is 0.630. The topological polar surface area (TPSA) is 102 Å². The first-order valence-electron chi connectivity index (χ1n) is 11.4. The van der Waals surface area contributed by atoms with Gasteiger partial charge in [-0.2, -0.15) is 0 Å². The van der Waals surface area contributed by atoms with E-state index in [2.05, 4.69) is 26.1 Å². The summed E-state index contributed by atoms with van der Waals surface area (Å²) in [6, 6.07) is 14.9. The number of hydrogen-bond donors (Lipinski definition) is 3. The molecular weight excluding hydrogens is 502 g/mol. The zero-order valence-electron chi connectivity index (χ0n) is 19.1. The average Bonchev–Trinajstić information content (AvgIpc) is 2.81. The molecule has 4 rings (SSSR count). The van der Waals surface area contributed by atoms with Gasteiger partial charge in [0.1, 0.15) is 5.75 Å². The smallest absolute Gasteiger partial charge is 0.321 e. The first kappa shape index (κ1) is 24.5. The van der Waals surface area contributed by atoms with Crippen LogP contribution in [0.1, 0.15) is 24.3 Å². The van der Waals surface area contributed by atoms with E-state index in [1.54, 1.807) is 36.3 Å². The Balaban J connectivity index is 1.56. The fraction of sp³-hybridized carbons (Fsp3) is 0.440. The molecule has 0 aromatic heterocycles. The number of amides is 2. The summed E-state index contributed by atoms with van der Waals surface area (Å²) < 4.78 is 6.16. The second-order valence-electron chi connectivity index (χ2n) is 8.95. The quantitative estimate of drug-likeness (QED) is 0.526. The zero-order valence-corrected chi connectivity index (χ0v) is 20.6. The van der Waals surface area contributed by atoms with Gasteiger partial charge in [0.2, 0.25) is 0 Å². The molecule has 1 unspecified atom stereocenters. The lowest BCUT2D eigenvalue weighted by molar-refractivity contribution is -0.139. The van der Waals surface area contributed by atoms with E-state index in [1.165, 1.54) is 0 Å². The van der Waals surface area contributed by atoms with Gasteiger partial charge < -0.3 is 25.2 Å². The van der Waals surface area contributed by atoms with Gasteiger partial charge in [-0.05, 0) is 54.3 Å². The molecule has 2 aliphatic rings. The van der Waals surface area contributed by atoms with Crippen LogP contribution >= 0.6 is 15.9 Å². The predicted molar refractivity (Wildman–Crippen MR) is 132 cm³/mol. The number of aliphatic hydroxyl groups excluding tert-OH is 1. The van der Waals surface area contributed by atoms with E-state index in [9.17, 15) is 19.8 Å². The van der Waals surface area contributed by atoms with Crippen LogP contribution in [0.5, 0.6) is 5.75 Å². The van der Waals surface area contributed by atoms with Crippen molar-refractivity contribution in [1.82, 2.24) is 9.80 Å². The molecule has 0 aliphatic carbocycles. The van der Waals surface area contributed by atoms with E-state index in [1.807, 2.05) is 24.3 Å². The number of aliphatic carboxylic acids is 1. The van der Waals surface area contributed by atoms with E-state index in [0.29, 0.717) is 37.5 Å². The molecule has 2 aromatic carbocycles. The van der Waals surface area contributed by atoms with Crippen molar-refractivity contribution in [3.63, 3.8) is 0 Å². The summed E-state index contributed by atoms with van der Waals surface area (Å²) in [5.74, 6) is -0.186. The van der Waals surface area contributed by atoms with E-state index >= 15 is 0 Å². The van der Waals surface area contributed by atoms with Crippen molar-refractivity contribution >= 4 is 33.6 Å². The van der Waals surface area contributed by atoms with Crippen LogP contribution in [0.25, 0.3) is 0 Å². The maximum Gasteiger partial charge on any atom is 0.321 e. The molecule has 2 aliphatic heterocycles. The Bertz CT molecular complexity index is 1000. The number of carbonyl (C=O) groups excluding carboxylic acids is 1. The molecule has 8 nitrogen and oxygen atoms in total. The van der Waals surface area contributed by atoms with Crippen molar-refractivity contribution in [2.75, 3.05) is 38.7 Å². The highest BCUT2D eigenvalue weighted by Crippen LogP contribution is 2.43. The van der Waals surface area contributed by atoms with Gasteiger partial charge in [-0.15, -0.1) is 0 Å². The van der Waals surface area contributed by atoms with Crippen LogP contribution in [0.15, 0.2) is 53.0 Å². The van der Waals surface area contributed by atoms with Gasteiger partial charge in [-0.3, -0.25) is 9.69 Å². The van der Waals surface area contributed by atoms with Crippen molar-refractivity contribution in [3.05, 3.63) is 58.6 Å². The number of anilines is 1. The minimum absolute atomic E-state index is 0.00321. The summed E-state index contributed by atoms with van der Waals surface area (Å²) in [4.78, 5) is 28.7. The van der Waals surface area contributed by atoms with Crippen molar-refractivity contribution in [2.45, 2.75) is 30.8 Å². The standard InChI is InChI=1S/C25H30BrN3O5/c1-34-20-8-6-19(7-9-20)27-25(33)28-11-10-16(12-23(31)32)13-29-21(14-28)24(22(29)15-30)17-2-4-18(26)5-3-17/h2-9,16,21-22,24,30H,10-15H2,1H3,(H,27,33)(H,31,32)/t16?,21-,22+,24+/m0/s1. The van der Waals surface area contributed by atoms with Gasteiger partial charge in [0.25, 0.3) is 0 Å². The number of halogens is 1. The summed E-state index contributed by atoms with van der Waals surface area (Å²) in [7, 11) is 1.59. The van der Waals surface area contributed by atoms with Crippen LogP contribution < -0.4 is 10.1 Å². The Morgan fingerprint density at radius 3 is 2.44 bits per heavy atom. The van der Waals surface area contributed by atoms with E-state index < -0.39 is 5.97 Å². The third-order valence-corrected chi connectivity index (χ3v) is 7.43. The number of ether oxygens (including phenoxy) is 1. The Morgan fingerprint density at radius 2 is 1.82 bits per heavy atom. The second-order valence-corrected chi connectivity index (χ2v) is 9.86. The normalized spacial score (nSPS) is 24.9. The van der Waals surface area contributed by atoms with Gasteiger partial charge in [-0.1, -0.05) is 28.1 Å². The van der Waals surface area contributed by atoms with Crippen LogP contribution in [0.3, 0.4) is 0 Å². The van der Waals surface area contributed by atoms with Gasteiger partial charge in [0.05, 0.1) is 13.7 Å². The molecule has 2 fully saturated rings. The lowest BCUT2D eigenvalue weighted by Crippen LogP contribution is -2.69. The third-order valence-electron chi connectivity index (χ3n) is 6.90. The number of hydrogen-bond acceptors (Lipinski definition) is 5. The van der Waals surface area contributed by atoms with Gasteiger partial charge in [0.15, 0.2) is 0 Å². The molecular formula is C25H30BrN3O5. The molecule has 0 radical (unpaired) electrons. The minimum Gasteiger partial charge on any atom is -0.497 e. The lowest BCUT2D eigenvalue weighted by Gasteiger charge is -2.58. The van der Waals surface area contributed by atoms with Crippen LogP contribution in [0.2, 0.25) is 0 Å². The van der Waals surface area contributed by atoms with Crippen molar-refractivity contribution in [3.8, 4) is 5.75 Å². The maximum atomic E-state index is 13.2. The molecule has 0 saturated carbocycles. The van der Waals surface area contributed by atoms with Crippen molar-refractivity contribution in [2.24, 2.45) is 5.92 Å². The Kier molecular flexibility index (Phi) is 7.75. The number of fused-ring (bicyclic) bond motifs is 1. The highest BCUT2D eigenvalue weighted by atomic mass is 79.9. The molecule has 3 N–H and O–H groups in total. The number of carboxylic acid groups (broad SMARTS) is 1. The number of benzene rings is 2. The summed E-state index contributed by atoms with van der Waals surface area (Å²) in [5, 5.41) is 22.6. The second kappa shape index (κ2) is 10.8. The van der Waals surface area contributed by atoms with Gasteiger partial charge in [0, 0.05) is 54.2 Å². The van der Waals surface area contributed by atoms with E-state index in [0.717, 1.165) is 10.0 Å². The maximum absolute atomic E-state index is 13.2. The Labute approximate surface area is 207 Å². The summed E-state index contributed by atoms with van der Waals surface area (Å²) in [5.41, 5.74) is 1.77. The number of methoxy groups -OCH3 is 1. The number of carbonyl (C=O) groups is 2. The number of nitrogens with zero attached hydrogens (tertiary/aromatic N) is 2. The molecule has 2 amide bonds. The third kappa shape index (κ3) is 5.37. The monoisotopic (exact) mass is 531 g/mol. The lowest BCUT2D eigenvalue weighted by atomic mass is 9.73. The number of carboxylic acids is 1. The highest BCUT2D eigenvalue weighted by Gasteiger charge is 2.50. The SMILES string of the molecule is COc1ccc(NC(=O)N2CCC(CC(=O)O)CN3[C@H](CO)[C@H](c4ccc(Br)cc4)[C@@H]3C2)cc1. The van der Waals surface area contributed by atoms with Crippen molar-refractivity contribution in [1.29, 1.82) is 0 Å². The number of rotatable bonds is 6. The first-order valence-corrected chi connectivity index (χ1v) is 12.2. The summed E-state index contributed by atoms with van der Waals surface area (Å²) >= 11 is 3.47. The molecule has 2 heterocycles. The average molecular weight is 532 g/mol. The molecule has 2 aromatic rings. The first-order chi connectivity index (χ1) is 16.4. The highest BCUT2D eigenvalue weighted by molar-refractivity contribution is 9.10. The van der Waals surface area contributed by atoms with Gasteiger partial charge in [-0.25, -0.2) is 4.79 Å². The zero-order chi connectivity index (χ0) is 24.2. The molecule has 182 valence electrons. The molecule has 0 spiro atoms. The van der Waals surface area contributed by atoms with Crippen LogP contribution in [0.4, 0.5) is 10.5 Å². The molecule has 2 saturated heterocycles. The Hall–Kier alpha value is -2.62. The van der Waals surface area contributed by atoms with Crippen LogP contribution in [-0.2, 0) is 4.79 Å². The molecule has 34 heavy (non-hydrogen) atoms. The van der Waals surface area contributed by atoms with Crippen LogP contribution in [0, 0.1) is 5.92 Å². The molecule has 0 bridgehead atoms.